The van der Waals surface area contributed by atoms with Crippen molar-refractivity contribution in [3.8, 4) is 0 Å². The summed E-state index contributed by atoms with van der Waals surface area (Å²) in [6.07, 6.45) is 0.805. The van der Waals surface area contributed by atoms with Crippen LogP contribution in [0.25, 0.3) is 0 Å². The number of carboxylic acid groups (broad SMARTS) is 2. The van der Waals surface area contributed by atoms with E-state index in [0.717, 1.165) is 12.0 Å². The molecule has 0 heterocycles. The van der Waals surface area contributed by atoms with Crippen LogP contribution >= 0.6 is 0 Å². The van der Waals surface area contributed by atoms with Gasteiger partial charge in [0.1, 0.15) is 0 Å². The number of benzene rings is 1. The third kappa shape index (κ3) is 3.59. The fourth-order valence-corrected chi connectivity index (χ4v) is 1.76. The molecule has 1 aromatic carbocycles. The second kappa shape index (κ2) is 5.48. The minimum Gasteiger partial charge on any atom is -0.480 e. The molecule has 2 N–H and O–H groups in total. The van der Waals surface area contributed by atoms with E-state index in [9.17, 15) is 9.59 Å². The average molecular weight is 236 g/mol. The summed E-state index contributed by atoms with van der Waals surface area (Å²) >= 11 is 0. The van der Waals surface area contributed by atoms with E-state index in [1.165, 1.54) is 6.07 Å². The van der Waals surface area contributed by atoms with Gasteiger partial charge in [-0.15, -0.1) is 0 Å². The van der Waals surface area contributed by atoms with Crippen molar-refractivity contribution in [3.05, 3.63) is 35.4 Å². The van der Waals surface area contributed by atoms with E-state index in [0.29, 0.717) is 11.5 Å². The van der Waals surface area contributed by atoms with Gasteiger partial charge in [0.2, 0.25) is 0 Å². The maximum Gasteiger partial charge on any atom is 0.322 e. The second-order valence-electron chi connectivity index (χ2n) is 4.45. The molecule has 4 nitrogen and oxygen atoms in total. The maximum atomic E-state index is 10.9. The van der Waals surface area contributed by atoms with Gasteiger partial charge in [0.25, 0.3) is 0 Å². The Bertz CT molecular complexity index is 409. The van der Waals surface area contributed by atoms with E-state index in [4.69, 9.17) is 10.2 Å². The van der Waals surface area contributed by atoms with E-state index < -0.39 is 17.9 Å². The third-order valence-corrected chi connectivity index (χ3v) is 2.42. The number of hydrogen-bond donors (Lipinski definition) is 2. The predicted octanol–water partition coefficient (Wildman–Crippen LogP) is 2.14. The van der Waals surface area contributed by atoms with Gasteiger partial charge in [0, 0.05) is 0 Å². The van der Waals surface area contributed by atoms with Gasteiger partial charge in [-0.25, -0.2) is 0 Å². The summed E-state index contributed by atoms with van der Waals surface area (Å²) in [5, 5.41) is 17.8. The Morgan fingerprint density at radius 2 is 1.76 bits per heavy atom. The molecule has 0 aromatic heterocycles. The number of carboxylic acids is 2. The summed E-state index contributed by atoms with van der Waals surface area (Å²) in [5.74, 6) is -3.71. The Hall–Kier alpha value is -1.84. The predicted molar refractivity (Wildman–Crippen MR) is 63.0 cm³/mol. The van der Waals surface area contributed by atoms with Crippen LogP contribution < -0.4 is 0 Å². The van der Waals surface area contributed by atoms with Crippen LogP contribution in [0.3, 0.4) is 0 Å². The van der Waals surface area contributed by atoms with Gasteiger partial charge >= 0.3 is 11.9 Å². The molecule has 0 fully saturated rings. The SMILES string of the molecule is CC(C)Cc1cccc(C(C(=O)O)C(=O)O)c1. The molecule has 0 aliphatic carbocycles. The van der Waals surface area contributed by atoms with Crippen molar-refractivity contribution in [2.24, 2.45) is 5.92 Å². The van der Waals surface area contributed by atoms with Gasteiger partial charge in [-0.1, -0.05) is 38.1 Å². The molecular formula is C13H16O4. The highest BCUT2D eigenvalue weighted by Crippen LogP contribution is 2.19. The molecule has 0 spiro atoms. The van der Waals surface area contributed by atoms with E-state index in [2.05, 4.69) is 13.8 Å². The summed E-state index contributed by atoms with van der Waals surface area (Å²) in [6.45, 7) is 4.11. The Kier molecular flexibility index (Phi) is 4.26. The molecule has 0 radical (unpaired) electrons. The lowest BCUT2D eigenvalue weighted by Crippen LogP contribution is -2.21. The van der Waals surface area contributed by atoms with Crippen LogP contribution in [0.15, 0.2) is 24.3 Å². The Morgan fingerprint density at radius 1 is 1.18 bits per heavy atom. The molecule has 1 rings (SSSR count). The summed E-state index contributed by atoms with van der Waals surface area (Å²) in [7, 11) is 0. The molecule has 0 saturated carbocycles. The maximum absolute atomic E-state index is 10.9. The lowest BCUT2D eigenvalue weighted by Gasteiger charge is -2.10. The molecule has 0 atom stereocenters. The van der Waals surface area contributed by atoms with Crippen LogP contribution in [0.1, 0.15) is 30.9 Å². The summed E-state index contributed by atoms with van der Waals surface area (Å²) in [4.78, 5) is 21.8. The van der Waals surface area contributed by atoms with Crippen molar-refractivity contribution in [1.82, 2.24) is 0 Å². The Morgan fingerprint density at radius 3 is 2.24 bits per heavy atom. The van der Waals surface area contributed by atoms with Crippen LogP contribution in [0.5, 0.6) is 0 Å². The minimum absolute atomic E-state index is 0.322. The van der Waals surface area contributed by atoms with E-state index in [1.54, 1.807) is 12.1 Å². The zero-order valence-corrected chi connectivity index (χ0v) is 9.88. The third-order valence-electron chi connectivity index (χ3n) is 2.42. The molecule has 1 aromatic rings. The van der Waals surface area contributed by atoms with Crippen molar-refractivity contribution in [3.63, 3.8) is 0 Å². The van der Waals surface area contributed by atoms with Crippen molar-refractivity contribution in [2.45, 2.75) is 26.2 Å². The summed E-state index contributed by atoms with van der Waals surface area (Å²) in [6, 6.07) is 6.78. The van der Waals surface area contributed by atoms with Gasteiger partial charge < -0.3 is 10.2 Å². The molecule has 0 amide bonds. The molecule has 17 heavy (non-hydrogen) atoms. The minimum atomic E-state index is -1.48. The molecule has 0 aliphatic rings. The fourth-order valence-electron chi connectivity index (χ4n) is 1.76. The Balaban J connectivity index is 3.04. The quantitative estimate of drug-likeness (QED) is 0.768. The first-order chi connectivity index (χ1) is 7.91. The molecule has 4 heteroatoms. The highest BCUT2D eigenvalue weighted by molar-refractivity contribution is 5.99. The van der Waals surface area contributed by atoms with Gasteiger partial charge in [0.05, 0.1) is 0 Å². The molecule has 0 unspecified atom stereocenters. The summed E-state index contributed by atoms with van der Waals surface area (Å²) < 4.78 is 0. The van der Waals surface area contributed by atoms with Gasteiger partial charge in [0.15, 0.2) is 5.92 Å². The smallest absolute Gasteiger partial charge is 0.322 e. The van der Waals surface area contributed by atoms with E-state index in [1.807, 2.05) is 6.07 Å². The van der Waals surface area contributed by atoms with Crippen molar-refractivity contribution >= 4 is 11.9 Å². The zero-order valence-electron chi connectivity index (χ0n) is 9.88. The molecule has 0 aliphatic heterocycles. The lowest BCUT2D eigenvalue weighted by atomic mass is 9.94. The molecular weight excluding hydrogens is 220 g/mol. The van der Waals surface area contributed by atoms with Crippen LogP contribution in [0, 0.1) is 5.92 Å². The van der Waals surface area contributed by atoms with Crippen LogP contribution in [-0.4, -0.2) is 22.2 Å². The normalized spacial score (nSPS) is 10.8. The number of carbonyl (C=O) groups is 2. The first-order valence-electron chi connectivity index (χ1n) is 5.46. The molecule has 92 valence electrons. The topological polar surface area (TPSA) is 74.6 Å². The van der Waals surface area contributed by atoms with Gasteiger partial charge in [-0.05, 0) is 23.5 Å². The van der Waals surface area contributed by atoms with Crippen LogP contribution in [0.2, 0.25) is 0 Å². The Labute approximate surface area is 99.9 Å². The van der Waals surface area contributed by atoms with Gasteiger partial charge in [-0.2, -0.15) is 0 Å². The molecule has 0 saturated heterocycles. The fraction of sp³-hybridized carbons (Fsp3) is 0.385. The van der Waals surface area contributed by atoms with Crippen molar-refractivity contribution in [2.75, 3.05) is 0 Å². The van der Waals surface area contributed by atoms with Crippen LogP contribution in [0.4, 0.5) is 0 Å². The van der Waals surface area contributed by atoms with Gasteiger partial charge in [-0.3, -0.25) is 9.59 Å². The average Bonchev–Trinajstić information content (AvgIpc) is 2.15. The molecule has 0 bridgehead atoms. The van der Waals surface area contributed by atoms with Crippen molar-refractivity contribution in [1.29, 1.82) is 0 Å². The monoisotopic (exact) mass is 236 g/mol. The largest absolute Gasteiger partial charge is 0.480 e. The zero-order chi connectivity index (χ0) is 13.0. The first-order valence-corrected chi connectivity index (χ1v) is 5.46. The first kappa shape index (κ1) is 13.2. The van der Waals surface area contributed by atoms with Crippen molar-refractivity contribution < 1.29 is 19.8 Å². The standard InChI is InChI=1S/C13H16O4/c1-8(2)6-9-4-3-5-10(7-9)11(12(14)15)13(16)17/h3-5,7-8,11H,6H2,1-2H3,(H,14,15)(H,16,17). The van der Waals surface area contributed by atoms with E-state index >= 15 is 0 Å². The number of hydrogen-bond acceptors (Lipinski definition) is 2. The number of aliphatic carboxylic acids is 2. The summed E-state index contributed by atoms with van der Waals surface area (Å²) in [5.41, 5.74) is 1.29. The highest BCUT2D eigenvalue weighted by Gasteiger charge is 2.27. The highest BCUT2D eigenvalue weighted by atomic mass is 16.4. The lowest BCUT2D eigenvalue weighted by molar-refractivity contribution is -0.150. The second-order valence-corrected chi connectivity index (χ2v) is 4.45. The van der Waals surface area contributed by atoms with E-state index in [-0.39, 0.29) is 0 Å². The van der Waals surface area contributed by atoms with Crippen LogP contribution in [-0.2, 0) is 16.0 Å². The number of rotatable bonds is 5.